The first-order chi connectivity index (χ1) is 18.7. The van der Waals surface area contributed by atoms with E-state index in [1.165, 1.54) is 0 Å². The molecule has 3 fully saturated rings. The highest BCUT2D eigenvalue weighted by Crippen LogP contribution is 2.74. The minimum atomic E-state index is -4.50. The van der Waals surface area contributed by atoms with Crippen molar-refractivity contribution in [2.75, 3.05) is 6.54 Å². The number of alkyl halides is 3. The number of aliphatic hydroxyl groups excluding tert-OH is 1. The van der Waals surface area contributed by atoms with Crippen LogP contribution in [0, 0.1) is 61.6 Å². The number of hydrogen-bond donors (Lipinski definition) is 2. The predicted molar refractivity (Wildman–Crippen MR) is 149 cm³/mol. The van der Waals surface area contributed by atoms with Gasteiger partial charge in [-0.1, -0.05) is 60.1 Å². The fourth-order valence-corrected chi connectivity index (χ4v) is 10.6. The summed E-state index contributed by atoms with van der Waals surface area (Å²) in [6.07, 6.45) is 2.72. The maximum Gasteiger partial charge on any atom is 0.405 e. The average Bonchev–Trinajstić information content (AvgIpc) is 2.85. The Hall–Kier alpha value is -2.14. The van der Waals surface area contributed by atoms with Gasteiger partial charge < -0.3 is 10.4 Å². The maximum absolute atomic E-state index is 14.4. The lowest BCUT2D eigenvalue weighted by Gasteiger charge is -2.69. The number of nitriles is 1. The summed E-state index contributed by atoms with van der Waals surface area (Å²) in [4.78, 5) is 28.1. The van der Waals surface area contributed by atoms with Crippen LogP contribution in [0.5, 0.6) is 0 Å². The molecule has 8 atom stereocenters. The molecule has 8 heteroatoms. The number of aliphatic hydroxyl groups is 1. The number of fused-ring (bicyclic) bond motifs is 7. The van der Waals surface area contributed by atoms with Gasteiger partial charge in [-0.05, 0) is 84.5 Å². The van der Waals surface area contributed by atoms with Crippen molar-refractivity contribution in [2.45, 2.75) is 106 Å². The van der Waals surface area contributed by atoms with E-state index in [4.69, 9.17) is 0 Å². The fraction of sp³-hybridized carbons (Fsp3) is 0.788. The molecule has 0 heterocycles. The highest BCUT2D eigenvalue weighted by molar-refractivity contribution is 5.96. The van der Waals surface area contributed by atoms with Crippen LogP contribution in [0.3, 0.4) is 0 Å². The van der Waals surface area contributed by atoms with Crippen LogP contribution >= 0.6 is 0 Å². The first-order valence-electron chi connectivity index (χ1n) is 15.1. The van der Waals surface area contributed by atoms with Crippen molar-refractivity contribution >= 4 is 11.7 Å². The molecule has 0 radical (unpaired) electrons. The first kappa shape index (κ1) is 30.3. The molecule has 5 aliphatic carbocycles. The Morgan fingerprint density at radius 1 is 1.07 bits per heavy atom. The van der Waals surface area contributed by atoms with E-state index in [1.54, 1.807) is 6.08 Å². The van der Waals surface area contributed by atoms with Crippen LogP contribution in [-0.4, -0.2) is 35.6 Å². The van der Waals surface area contributed by atoms with E-state index in [2.05, 4.69) is 46.0 Å². The minimum Gasteiger partial charge on any atom is -0.387 e. The number of nitrogens with one attached hydrogen (secondary N) is 1. The second kappa shape index (κ2) is 8.94. The molecule has 0 aromatic carbocycles. The lowest BCUT2D eigenvalue weighted by molar-refractivity contribution is -0.182. The topological polar surface area (TPSA) is 90.2 Å². The molecule has 5 rings (SSSR count). The average molecular weight is 575 g/mol. The SMILES string of the molecule is CC1(C)CC[C@]2(C(=O)NCC(F)(F)F)CC[C@]3(C)[C@H](C(=O)C=C4[C@@]5(C)C=C(C#N)C(O)C(C)(C)C5CC[C@]43C)[C@H]2C1. The number of allylic oxidation sites excluding steroid dienone is 3. The Morgan fingerprint density at radius 3 is 2.32 bits per heavy atom. The predicted octanol–water partition coefficient (Wildman–Crippen LogP) is 6.68. The molecule has 226 valence electrons. The molecule has 5 nitrogen and oxygen atoms in total. The Labute approximate surface area is 242 Å². The number of carbonyl (C=O) groups is 2. The third kappa shape index (κ3) is 4.11. The van der Waals surface area contributed by atoms with Gasteiger partial charge >= 0.3 is 6.18 Å². The number of ketones is 1. The van der Waals surface area contributed by atoms with Crippen LogP contribution in [0.25, 0.3) is 0 Å². The molecular formula is C33H45F3N2O3. The maximum atomic E-state index is 14.4. The normalized spacial score (nSPS) is 44.6. The zero-order valence-electron chi connectivity index (χ0n) is 25.5. The quantitative estimate of drug-likeness (QED) is 0.385. The molecule has 5 aliphatic rings. The summed E-state index contributed by atoms with van der Waals surface area (Å²) in [6, 6.07) is 2.21. The number of nitrogens with zero attached hydrogens (tertiary/aromatic N) is 1. The van der Waals surface area contributed by atoms with Crippen molar-refractivity contribution in [3.05, 3.63) is 23.3 Å². The molecule has 1 amide bonds. The van der Waals surface area contributed by atoms with Gasteiger partial charge in [0, 0.05) is 11.3 Å². The molecule has 3 saturated carbocycles. The third-order valence-corrected chi connectivity index (χ3v) is 13.0. The van der Waals surface area contributed by atoms with Crippen LogP contribution < -0.4 is 5.32 Å². The molecule has 0 aliphatic heterocycles. The second-order valence-electron chi connectivity index (χ2n) is 15.9. The van der Waals surface area contributed by atoms with Crippen LogP contribution in [0.1, 0.15) is 93.4 Å². The van der Waals surface area contributed by atoms with Gasteiger partial charge in [0.15, 0.2) is 5.78 Å². The van der Waals surface area contributed by atoms with Crippen molar-refractivity contribution in [2.24, 2.45) is 50.2 Å². The summed E-state index contributed by atoms with van der Waals surface area (Å²) in [5, 5.41) is 23.2. The first-order valence-corrected chi connectivity index (χ1v) is 15.1. The standard InChI is InChI=1S/C33H45F3N2O3/c1-27(2)10-12-32(26(41)38-18-33(34,35)36)13-11-31(7)24(20(32)16-27)21(39)14-23-29(5)15-19(17-37)25(40)28(3,4)22(29)8-9-30(23,31)6/h14-15,20,22,24-25,40H,8-13,16,18H2,1-7H3,(H,38,41)/t20-,22?,24+,25?,29+,30-,31-,32+/m1/s1. The summed E-state index contributed by atoms with van der Waals surface area (Å²) in [6.45, 7) is 13.4. The van der Waals surface area contributed by atoms with Crippen molar-refractivity contribution < 1.29 is 27.9 Å². The van der Waals surface area contributed by atoms with Crippen LogP contribution in [-0.2, 0) is 9.59 Å². The van der Waals surface area contributed by atoms with Crippen LogP contribution in [0.2, 0.25) is 0 Å². The Morgan fingerprint density at radius 2 is 1.71 bits per heavy atom. The number of hydrogen-bond acceptors (Lipinski definition) is 4. The van der Waals surface area contributed by atoms with Gasteiger partial charge in [-0.25, -0.2) is 0 Å². The summed E-state index contributed by atoms with van der Waals surface area (Å²) in [5.41, 5.74) is -1.90. The monoisotopic (exact) mass is 574 g/mol. The number of rotatable bonds is 2. The summed E-state index contributed by atoms with van der Waals surface area (Å²) in [5.74, 6) is -1.43. The van der Waals surface area contributed by atoms with Crippen LogP contribution in [0.4, 0.5) is 13.2 Å². The highest BCUT2D eigenvalue weighted by Gasteiger charge is 2.70. The molecule has 0 spiro atoms. The smallest absolute Gasteiger partial charge is 0.387 e. The van der Waals surface area contributed by atoms with Gasteiger partial charge in [0.25, 0.3) is 0 Å². The molecule has 0 bridgehead atoms. The molecule has 0 aromatic rings. The van der Waals surface area contributed by atoms with Gasteiger partial charge in [0.05, 0.1) is 23.2 Å². The summed E-state index contributed by atoms with van der Waals surface area (Å²) in [7, 11) is 0. The van der Waals surface area contributed by atoms with Gasteiger partial charge in [-0.3, -0.25) is 9.59 Å². The van der Waals surface area contributed by atoms with Crippen molar-refractivity contribution in [3.63, 3.8) is 0 Å². The molecule has 0 aromatic heterocycles. The van der Waals surface area contributed by atoms with Gasteiger partial charge in [0.2, 0.25) is 5.91 Å². The lowest BCUT2D eigenvalue weighted by Crippen LogP contribution is -2.66. The van der Waals surface area contributed by atoms with E-state index in [-0.39, 0.29) is 23.0 Å². The zero-order valence-corrected chi connectivity index (χ0v) is 25.5. The number of halogens is 3. The Kier molecular flexibility index (Phi) is 6.61. The molecule has 2 unspecified atom stereocenters. The van der Waals surface area contributed by atoms with E-state index in [1.807, 2.05) is 19.9 Å². The highest BCUT2D eigenvalue weighted by atomic mass is 19.4. The van der Waals surface area contributed by atoms with E-state index in [0.29, 0.717) is 31.3 Å². The van der Waals surface area contributed by atoms with Crippen molar-refractivity contribution in [3.8, 4) is 6.07 Å². The summed E-state index contributed by atoms with van der Waals surface area (Å²) < 4.78 is 39.4. The molecule has 0 saturated heterocycles. The minimum absolute atomic E-state index is 0.0267. The zero-order chi connectivity index (χ0) is 30.6. The van der Waals surface area contributed by atoms with E-state index in [9.17, 15) is 33.1 Å². The molecular weight excluding hydrogens is 529 g/mol. The second-order valence-corrected chi connectivity index (χ2v) is 15.9. The fourth-order valence-electron chi connectivity index (χ4n) is 10.6. The van der Waals surface area contributed by atoms with Gasteiger partial charge in [-0.15, -0.1) is 0 Å². The Bertz CT molecular complexity index is 1280. The Balaban J connectivity index is 1.64. The lowest BCUT2D eigenvalue weighted by atomic mass is 9.34. The van der Waals surface area contributed by atoms with Crippen molar-refractivity contribution in [1.29, 1.82) is 5.26 Å². The van der Waals surface area contributed by atoms with Crippen LogP contribution in [0.15, 0.2) is 23.3 Å². The van der Waals surface area contributed by atoms with Crippen molar-refractivity contribution in [1.82, 2.24) is 5.32 Å². The van der Waals surface area contributed by atoms with Gasteiger partial charge in [0.1, 0.15) is 6.54 Å². The van der Waals surface area contributed by atoms with E-state index in [0.717, 1.165) is 24.8 Å². The third-order valence-electron chi connectivity index (χ3n) is 13.0. The number of amides is 1. The number of carbonyl (C=O) groups excluding carboxylic acids is 2. The van der Waals surface area contributed by atoms with Gasteiger partial charge in [-0.2, -0.15) is 18.4 Å². The molecule has 41 heavy (non-hydrogen) atoms. The summed E-state index contributed by atoms with van der Waals surface area (Å²) >= 11 is 0. The molecule has 2 N–H and O–H groups in total. The van der Waals surface area contributed by atoms with E-state index >= 15 is 0 Å². The largest absolute Gasteiger partial charge is 0.405 e. The van der Waals surface area contributed by atoms with E-state index < -0.39 is 57.7 Å².